The van der Waals surface area contributed by atoms with Crippen LogP contribution in [0.25, 0.3) is 0 Å². The molecule has 0 aliphatic carbocycles. The van der Waals surface area contributed by atoms with Gasteiger partial charge in [0.15, 0.2) is 12.6 Å². The molecule has 12 unspecified atom stereocenters. The van der Waals surface area contributed by atoms with Crippen LogP contribution in [0.4, 0.5) is 0 Å². The summed E-state index contributed by atoms with van der Waals surface area (Å²) in [4.78, 5) is 13.4. The average molecular weight is 1390 g/mol. The third kappa shape index (κ3) is 49.8. The number of carbonyl (C=O) groups is 1. The molecule has 2 aliphatic heterocycles. The summed E-state index contributed by atoms with van der Waals surface area (Å²) < 4.78 is 22.9. The number of nitrogens with one attached hydrogen (secondary N) is 1. The van der Waals surface area contributed by atoms with Gasteiger partial charge in [-0.15, -0.1) is 0 Å². The van der Waals surface area contributed by atoms with E-state index in [9.17, 15) is 45.6 Å². The van der Waals surface area contributed by atoms with Crippen LogP contribution in [0.5, 0.6) is 0 Å². The van der Waals surface area contributed by atoms with E-state index in [1.807, 2.05) is 6.08 Å². The van der Waals surface area contributed by atoms with E-state index in [1.165, 1.54) is 141 Å². The van der Waals surface area contributed by atoms with E-state index in [1.54, 1.807) is 6.08 Å². The fourth-order valence-electron chi connectivity index (χ4n) is 11.8. The second-order valence-corrected chi connectivity index (χ2v) is 26.7. The van der Waals surface area contributed by atoms with Crippen molar-refractivity contribution in [3.05, 3.63) is 158 Å². The first-order valence-electron chi connectivity index (χ1n) is 39.2. The first-order valence-corrected chi connectivity index (χ1v) is 39.2. The zero-order valence-electron chi connectivity index (χ0n) is 61.7. The summed E-state index contributed by atoms with van der Waals surface area (Å²) in [5.74, 6) is -0.285. The van der Waals surface area contributed by atoms with Gasteiger partial charge in [-0.05, 0) is 116 Å². The molecular weight excluding hydrogens is 1240 g/mol. The largest absolute Gasteiger partial charge is 0.394 e. The maximum absolute atomic E-state index is 13.4. The Morgan fingerprint density at radius 3 is 1.11 bits per heavy atom. The lowest BCUT2D eigenvalue weighted by Gasteiger charge is -2.46. The van der Waals surface area contributed by atoms with Gasteiger partial charge in [-0.2, -0.15) is 0 Å². The fourth-order valence-corrected chi connectivity index (χ4v) is 11.8. The Kier molecular flexibility index (Phi) is 61.2. The molecule has 0 aromatic rings. The van der Waals surface area contributed by atoms with Gasteiger partial charge in [-0.3, -0.25) is 4.79 Å². The maximum atomic E-state index is 13.4. The Hall–Kier alpha value is -4.39. The molecule has 99 heavy (non-hydrogen) atoms. The smallest absolute Gasteiger partial charge is 0.220 e. The van der Waals surface area contributed by atoms with Gasteiger partial charge in [0, 0.05) is 6.42 Å². The van der Waals surface area contributed by atoms with Crippen molar-refractivity contribution in [2.45, 2.75) is 351 Å². The van der Waals surface area contributed by atoms with Gasteiger partial charge in [0.2, 0.25) is 5.91 Å². The summed E-state index contributed by atoms with van der Waals surface area (Å²) in [6.45, 7) is 2.66. The summed E-state index contributed by atoms with van der Waals surface area (Å²) in [7, 11) is 0. The number of aliphatic hydroxyl groups excluding tert-OH is 8. The normalized spacial score (nSPS) is 22.8. The van der Waals surface area contributed by atoms with Gasteiger partial charge in [0.05, 0.1) is 32.0 Å². The molecule has 564 valence electrons. The molecule has 2 heterocycles. The second kappa shape index (κ2) is 66.8. The second-order valence-electron chi connectivity index (χ2n) is 26.7. The number of ether oxygens (including phenoxy) is 4. The Bertz CT molecular complexity index is 2280. The molecule has 0 spiro atoms. The van der Waals surface area contributed by atoms with Crippen LogP contribution in [0.2, 0.25) is 0 Å². The highest BCUT2D eigenvalue weighted by molar-refractivity contribution is 5.76. The molecule has 14 heteroatoms. The van der Waals surface area contributed by atoms with Crippen LogP contribution in [-0.4, -0.2) is 140 Å². The van der Waals surface area contributed by atoms with E-state index < -0.39 is 86.8 Å². The number of hydrogen-bond donors (Lipinski definition) is 9. The topological polar surface area (TPSA) is 228 Å². The van der Waals surface area contributed by atoms with E-state index >= 15 is 0 Å². The van der Waals surface area contributed by atoms with Crippen LogP contribution in [-0.2, 0) is 23.7 Å². The lowest BCUT2D eigenvalue weighted by Crippen LogP contribution is -2.65. The van der Waals surface area contributed by atoms with Crippen LogP contribution in [0.15, 0.2) is 158 Å². The summed E-state index contributed by atoms with van der Waals surface area (Å²) >= 11 is 0. The molecule has 0 saturated carbocycles. The lowest BCUT2D eigenvalue weighted by molar-refractivity contribution is -0.359. The highest BCUT2D eigenvalue weighted by Gasteiger charge is 2.51. The summed E-state index contributed by atoms with van der Waals surface area (Å²) in [6, 6.07) is -0.964. The first-order chi connectivity index (χ1) is 48.6. The number of carbonyl (C=O) groups excluding carboxylic acids is 1. The Morgan fingerprint density at radius 1 is 0.374 bits per heavy atom. The Balaban J connectivity index is 1.69. The van der Waals surface area contributed by atoms with Gasteiger partial charge in [0.25, 0.3) is 0 Å². The number of rotatable bonds is 63. The van der Waals surface area contributed by atoms with E-state index in [-0.39, 0.29) is 18.9 Å². The van der Waals surface area contributed by atoms with E-state index in [4.69, 9.17) is 18.9 Å². The van der Waals surface area contributed by atoms with Crippen molar-refractivity contribution >= 4 is 5.91 Å². The molecule has 1 amide bonds. The number of unbranched alkanes of at least 4 members (excludes halogenated alkanes) is 26. The zero-order chi connectivity index (χ0) is 71.5. The van der Waals surface area contributed by atoms with Crippen LogP contribution >= 0.6 is 0 Å². The van der Waals surface area contributed by atoms with Gasteiger partial charge in [-0.1, -0.05) is 313 Å². The lowest BCUT2D eigenvalue weighted by atomic mass is 9.97. The molecule has 2 saturated heterocycles. The van der Waals surface area contributed by atoms with E-state index in [2.05, 4.69) is 165 Å². The van der Waals surface area contributed by atoms with E-state index in [0.717, 1.165) is 103 Å². The molecular formula is C85H141NO13. The third-order valence-electron chi connectivity index (χ3n) is 17.9. The number of aliphatic hydroxyl groups is 8. The van der Waals surface area contributed by atoms with Gasteiger partial charge in [0.1, 0.15) is 48.8 Å². The van der Waals surface area contributed by atoms with Crippen molar-refractivity contribution in [2.24, 2.45) is 0 Å². The molecule has 2 fully saturated rings. The molecule has 0 aromatic carbocycles. The van der Waals surface area contributed by atoms with Crippen molar-refractivity contribution in [1.29, 1.82) is 0 Å². The monoisotopic (exact) mass is 1380 g/mol. The van der Waals surface area contributed by atoms with Crippen LogP contribution < -0.4 is 5.32 Å². The van der Waals surface area contributed by atoms with Crippen molar-refractivity contribution in [3.63, 3.8) is 0 Å². The third-order valence-corrected chi connectivity index (χ3v) is 17.9. The van der Waals surface area contributed by atoms with Gasteiger partial charge < -0.3 is 65.1 Å². The standard InChI is InChI=1S/C85H141NO13/c1-3-5-7-9-11-13-15-17-19-21-23-25-27-29-31-33-34-35-36-37-38-39-40-41-43-45-47-49-51-53-55-57-59-61-63-65-67-69-77(90)86-73(72-96-84-82(95)80(93)83(76(71-88)98-84)99-85-81(94)79(92)78(91)75(70-87)97-85)74(89)68-66-64-62-60-58-56-54-52-50-48-46-44-42-32-30-28-26-24-22-20-18-16-14-12-10-8-6-4-2/h5,7,11,13,17,19,23,25,29,31,34-35,37-38,40-41,45,47,51,53,57-60,66,68,73-76,78-85,87-89,91-95H,3-4,6,8-10,12,14-16,18,20-22,24,26-28,30,32-33,36,39,42-44,46,48-50,52,54-56,61-65,67,69-72H2,1-2H3,(H,86,90)/b7-5-,13-11-,19-17-,25-23-,31-29-,35-34-,38-37-,41-40-,47-45-,53-51-,59-57-,60-58+,68-66+. The summed E-state index contributed by atoms with van der Waals surface area (Å²) in [5.41, 5.74) is 0. The van der Waals surface area contributed by atoms with Crippen LogP contribution in [0.3, 0.4) is 0 Å². The highest BCUT2D eigenvalue weighted by atomic mass is 16.7. The average Bonchev–Trinajstić information content (AvgIpc) is 0.793. The molecule has 2 aliphatic rings. The summed E-state index contributed by atoms with van der Waals surface area (Å²) in [6.07, 6.45) is 86.0. The minimum Gasteiger partial charge on any atom is -0.394 e. The van der Waals surface area contributed by atoms with Gasteiger partial charge in [-0.25, -0.2) is 0 Å². The Morgan fingerprint density at radius 2 is 0.707 bits per heavy atom. The molecule has 12 atom stereocenters. The number of hydrogen-bond acceptors (Lipinski definition) is 13. The molecule has 0 aromatic heterocycles. The maximum Gasteiger partial charge on any atom is 0.220 e. The van der Waals surface area contributed by atoms with Crippen LogP contribution in [0.1, 0.15) is 277 Å². The van der Waals surface area contributed by atoms with E-state index in [0.29, 0.717) is 12.8 Å². The minimum absolute atomic E-state index is 0.223. The summed E-state index contributed by atoms with van der Waals surface area (Å²) in [5, 5.41) is 87.6. The number of amides is 1. The zero-order valence-corrected chi connectivity index (χ0v) is 61.7. The highest BCUT2D eigenvalue weighted by Crippen LogP contribution is 2.30. The van der Waals surface area contributed by atoms with Crippen molar-refractivity contribution in [3.8, 4) is 0 Å². The molecule has 0 radical (unpaired) electrons. The van der Waals surface area contributed by atoms with Crippen molar-refractivity contribution in [2.75, 3.05) is 19.8 Å². The van der Waals surface area contributed by atoms with Crippen molar-refractivity contribution < 1.29 is 64.6 Å². The molecule has 9 N–H and O–H groups in total. The quantitative estimate of drug-likeness (QED) is 0.0204. The number of allylic oxidation sites excluding steroid dienone is 25. The Labute approximate surface area is 601 Å². The van der Waals surface area contributed by atoms with Crippen molar-refractivity contribution in [1.82, 2.24) is 5.32 Å². The van der Waals surface area contributed by atoms with Crippen LogP contribution in [0, 0.1) is 0 Å². The first kappa shape index (κ1) is 90.7. The molecule has 2 rings (SSSR count). The predicted molar refractivity (Wildman–Crippen MR) is 410 cm³/mol. The SMILES string of the molecule is CC/C=C\C/C=C\C/C=C\C/C=C\C/C=C\C/C=C\C/C=C\C/C=C\C/C=C\C/C=C\C/C=C\CCCCCC(=O)NC(COC1OC(CO)C(OC2OC(CO)C(O)C(O)C2O)C(O)C1O)C(O)/C=C/CC/C=C/CCCCCCCCCCCCCCCCCCCCCCCC. The predicted octanol–water partition coefficient (Wildman–Crippen LogP) is 17.7. The fraction of sp³-hybridized carbons (Fsp3) is 0.682. The van der Waals surface area contributed by atoms with Gasteiger partial charge >= 0.3 is 0 Å². The molecule has 0 bridgehead atoms. The molecule has 14 nitrogen and oxygen atoms in total. The minimum atomic E-state index is -1.80.